The third kappa shape index (κ3) is 1.95. The van der Waals surface area contributed by atoms with Crippen LogP contribution >= 0.6 is 11.6 Å². The maximum atomic E-state index is 11.4. The molecule has 1 aromatic carbocycles. The Morgan fingerprint density at radius 3 is 2.75 bits per heavy atom. The number of aromatic nitrogens is 1. The van der Waals surface area contributed by atoms with Gasteiger partial charge in [0.05, 0.1) is 10.7 Å². The fraction of sp³-hybridized carbons (Fsp3) is 0.0833. The normalized spacial score (nSPS) is 10.4. The van der Waals surface area contributed by atoms with Gasteiger partial charge in [-0.05, 0) is 24.6 Å². The summed E-state index contributed by atoms with van der Waals surface area (Å²) in [6.45, 7) is 1.82. The van der Waals surface area contributed by atoms with E-state index in [9.17, 15) is 4.79 Å². The van der Waals surface area contributed by atoms with E-state index >= 15 is 0 Å². The van der Waals surface area contributed by atoms with E-state index in [0.29, 0.717) is 10.7 Å². The molecule has 2 rings (SSSR count). The highest BCUT2D eigenvalue weighted by molar-refractivity contribution is 6.35. The fourth-order valence-electron chi connectivity index (χ4n) is 1.61. The Hall–Kier alpha value is -1.74. The molecule has 0 spiro atoms. The molecule has 0 atom stereocenters. The number of hydrogen-bond donors (Lipinski definition) is 2. The van der Waals surface area contributed by atoms with Crippen LogP contribution in [0.15, 0.2) is 35.1 Å². The molecule has 0 amide bonds. The number of aryl methyl sites for hydroxylation is 1. The van der Waals surface area contributed by atoms with E-state index in [-0.39, 0.29) is 5.56 Å². The SMILES string of the molecule is Cc1cc(-c2cccc(N)c2Cl)cc(=O)[nH]1. The molecule has 1 heterocycles. The lowest BCUT2D eigenvalue weighted by atomic mass is 10.1. The Kier molecular flexibility index (Phi) is 2.71. The predicted molar refractivity (Wildman–Crippen MR) is 66.7 cm³/mol. The zero-order chi connectivity index (χ0) is 11.7. The molecule has 2 aromatic rings. The van der Waals surface area contributed by atoms with Crippen LogP contribution in [0.25, 0.3) is 11.1 Å². The molecule has 4 heteroatoms. The van der Waals surface area contributed by atoms with Gasteiger partial charge >= 0.3 is 0 Å². The highest BCUT2D eigenvalue weighted by atomic mass is 35.5. The number of nitrogens with one attached hydrogen (secondary N) is 1. The van der Waals surface area contributed by atoms with Crippen molar-refractivity contribution in [1.82, 2.24) is 4.98 Å². The first-order chi connectivity index (χ1) is 7.58. The van der Waals surface area contributed by atoms with E-state index in [1.165, 1.54) is 6.07 Å². The molecule has 0 saturated carbocycles. The summed E-state index contributed by atoms with van der Waals surface area (Å²) in [5.74, 6) is 0. The number of H-pyrrole nitrogens is 1. The lowest BCUT2D eigenvalue weighted by Crippen LogP contribution is -2.05. The van der Waals surface area contributed by atoms with Crippen molar-refractivity contribution >= 4 is 17.3 Å². The molecular formula is C12H11ClN2O. The summed E-state index contributed by atoms with van der Waals surface area (Å²) in [5.41, 5.74) is 8.43. The molecule has 0 fully saturated rings. The molecule has 0 unspecified atom stereocenters. The Balaban J connectivity index is 2.67. The third-order valence-corrected chi connectivity index (χ3v) is 2.74. The van der Waals surface area contributed by atoms with Crippen LogP contribution in [0.5, 0.6) is 0 Å². The average molecular weight is 235 g/mol. The zero-order valence-electron chi connectivity index (χ0n) is 8.75. The summed E-state index contributed by atoms with van der Waals surface area (Å²) in [7, 11) is 0. The number of benzene rings is 1. The Bertz CT molecular complexity index is 590. The van der Waals surface area contributed by atoms with Crippen molar-refractivity contribution in [3.8, 4) is 11.1 Å². The van der Waals surface area contributed by atoms with Crippen molar-refractivity contribution in [2.75, 3.05) is 5.73 Å². The van der Waals surface area contributed by atoms with Crippen LogP contribution in [0.4, 0.5) is 5.69 Å². The molecule has 0 aliphatic heterocycles. The number of halogens is 1. The van der Waals surface area contributed by atoms with Crippen molar-refractivity contribution in [2.24, 2.45) is 0 Å². The number of pyridine rings is 1. The highest BCUT2D eigenvalue weighted by Gasteiger charge is 2.06. The minimum atomic E-state index is -0.145. The van der Waals surface area contributed by atoms with Crippen LogP contribution in [-0.2, 0) is 0 Å². The summed E-state index contributed by atoms with van der Waals surface area (Å²) in [6, 6.07) is 8.75. The van der Waals surface area contributed by atoms with E-state index in [1.807, 2.05) is 25.1 Å². The predicted octanol–water partition coefficient (Wildman–Crippen LogP) is 2.59. The number of anilines is 1. The largest absolute Gasteiger partial charge is 0.398 e. The van der Waals surface area contributed by atoms with Crippen LogP contribution in [0.2, 0.25) is 5.02 Å². The monoisotopic (exact) mass is 234 g/mol. The lowest BCUT2D eigenvalue weighted by molar-refractivity contribution is 1.14. The van der Waals surface area contributed by atoms with E-state index in [1.54, 1.807) is 6.07 Å². The molecule has 1 aromatic heterocycles. The minimum Gasteiger partial charge on any atom is -0.398 e. The smallest absolute Gasteiger partial charge is 0.248 e. The van der Waals surface area contributed by atoms with Gasteiger partial charge in [0.2, 0.25) is 5.56 Å². The molecule has 0 bridgehead atoms. The number of nitrogens with two attached hydrogens (primary N) is 1. The average Bonchev–Trinajstić information content (AvgIpc) is 2.20. The summed E-state index contributed by atoms with van der Waals surface area (Å²) in [5, 5.41) is 0.479. The molecule has 82 valence electrons. The van der Waals surface area contributed by atoms with Gasteiger partial charge in [0.25, 0.3) is 0 Å². The first-order valence-corrected chi connectivity index (χ1v) is 5.21. The number of aromatic amines is 1. The van der Waals surface area contributed by atoms with Gasteiger partial charge in [-0.3, -0.25) is 4.79 Å². The van der Waals surface area contributed by atoms with Crippen LogP contribution < -0.4 is 11.3 Å². The second-order valence-electron chi connectivity index (χ2n) is 3.63. The van der Waals surface area contributed by atoms with Gasteiger partial charge in [0, 0.05) is 17.3 Å². The van der Waals surface area contributed by atoms with Gasteiger partial charge in [-0.15, -0.1) is 0 Å². The van der Waals surface area contributed by atoms with Crippen molar-refractivity contribution in [3.05, 3.63) is 51.4 Å². The van der Waals surface area contributed by atoms with Gasteiger partial charge in [-0.2, -0.15) is 0 Å². The van der Waals surface area contributed by atoms with Crippen molar-refractivity contribution in [2.45, 2.75) is 6.92 Å². The Morgan fingerprint density at radius 1 is 1.31 bits per heavy atom. The fourth-order valence-corrected chi connectivity index (χ4v) is 1.85. The van der Waals surface area contributed by atoms with Crippen molar-refractivity contribution in [3.63, 3.8) is 0 Å². The third-order valence-electron chi connectivity index (χ3n) is 2.32. The van der Waals surface area contributed by atoms with Crippen LogP contribution in [-0.4, -0.2) is 4.98 Å². The number of rotatable bonds is 1. The van der Waals surface area contributed by atoms with Crippen LogP contribution in [0.1, 0.15) is 5.69 Å². The first kappa shape index (κ1) is 10.8. The molecule has 0 aliphatic rings. The second-order valence-corrected chi connectivity index (χ2v) is 4.00. The quantitative estimate of drug-likeness (QED) is 0.745. The van der Waals surface area contributed by atoms with Gasteiger partial charge in [0.1, 0.15) is 0 Å². The molecule has 16 heavy (non-hydrogen) atoms. The van der Waals surface area contributed by atoms with E-state index < -0.39 is 0 Å². The summed E-state index contributed by atoms with van der Waals surface area (Å²) >= 11 is 6.10. The summed E-state index contributed by atoms with van der Waals surface area (Å²) in [4.78, 5) is 14.0. The van der Waals surface area contributed by atoms with E-state index in [0.717, 1.165) is 16.8 Å². The summed E-state index contributed by atoms with van der Waals surface area (Å²) < 4.78 is 0. The molecule has 3 nitrogen and oxygen atoms in total. The molecule has 0 saturated heterocycles. The topological polar surface area (TPSA) is 58.9 Å². The van der Waals surface area contributed by atoms with Crippen LogP contribution in [0, 0.1) is 6.92 Å². The molecular weight excluding hydrogens is 224 g/mol. The standard InChI is InChI=1S/C12H11ClN2O/c1-7-5-8(6-11(16)15-7)9-3-2-4-10(14)12(9)13/h2-6H,14H2,1H3,(H,15,16). The Morgan fingerprint density at radius 2 is 2.06 bits per heavy atom. The van der Waals surface area contributed by atoms with Gasteiger partial charge in [-0.1, -0.05) is 23.7 Å². The van der Waals surface area contributed by atoms with E-state index in [4.69, 9.17) is 17.3 Å². The number of nitrogen functional groups attached to an aromatic ring is 1. The number of hydrogen-bond acceptors (Lipinski definition) is 2. The van der Waals surface area contributed by atoms with Gasteiger partial charge < -0.3 is 10.7 Å². The summed E-state index contributed by atoms with van der Waals surface area (Å²) in [6.07, 6.45) is 0. The van der Waals surface area contributed by atoms with Crippen LogP contribution in [0.3, 0.4) is 0 Å². The van der Waals surface area contributed by atoms with Crippen molar-refractivity contribution in [1.29, 1.82) is 0 Å². The zero-order valence-corrected chi connectivity index (χ0v) is 9.51. The maximum Gasteiger partial charge on any atom is 0.248 e. The lowest BCUT2D eigenvalue weighted by Gasteiger charge is -2.07. The Labute approximate surface area is 97.9 Å². The minimum absolute atomic E-state index is 0.145. The molecule has 0 radical (unpaired) electrons. The first-order valence-electron chi connectivity index (χ1n) is 4.83. The van der Waals surface area contributed by atoms with Gasteiger partial charge in [-0.25, -0.2) is 0 Å². The molecule has 0 aliphatic carbocycles. The van der Waals surface area contributed by atoms with E-state index in [2.05, 4.69) is 4.98 Å². The second kappa shape index (κ2) is 4.02. The van der Waals surface area contributed by atoms with Crippen molar-refractivity contribution < 1.29 is 0 Å². The molecule has 3 N–H and O–H groups in total. The maximum absolute atomic E-state index is 11.4. The van der Waals surface area contributed by atoms with Gasteiger partial charge in [0.15, 0.2) is 0 Å². The highest BCUT2D eigenvalue weighted by Crippen LogP contribution is 2.31.